The molecule has 0 aromatic carbocycles. The standard InChI is InChI=1S/C5H5NO3/c7-6(8)9-5-3-1-2-4-5/h1-5H. The molecule has 0 saturated heterocycles. The zero-order chi connectivity index (χ0) is 6.69. The van der Waals surface area contributed by atoms with Gasteiger partial charge in [0.25, 0.3) is 5.09 Å². The van der Waals surface area contributed by atoms with Gasteiger partial charge in [0.2, 0.25) is 0 Å². The van der Waals surface area contributed by atoms with Crippen LogP contribution in [0.25, 0.3) is 0 Å². The predicted molar refractivity (Wildman–Crippen MR) is 30.1 cm³/mol. The SMILES string of the molecule is O=[N+]([O-])OC1C=CC=C1. The van der Waals surface area contributed by atoms with E-state index in [1.165, 1.54) is 0 Å². The summed E-state index contributed by atoms with van der Waals surface area (Å²) in [6, 6.07) is 0. The van der Waals surface area contributed by atoms with Crippen molar-refractivity contribution >= 4 is 0 Å². The largest absolute Gasteiger partial charge is 0.302 e. The molecule has 0 amide bonds. The van der Waals surface area contributed by atoms with Crippen LogP contribution in [-0.4, -0.2) is 11.2 Å². The van der Waals surface area contributed by atoms with Gasteiger partial charge in [0.15, 0.2) is 0 Å². The minimum atomic E-state index is -0.801. The van der Waals surface area contributed by atoms with Crippen LogP contribution in [0.1, 0.15) is 0 Å². The fourth-order valence-electron chi connectivity index (χ4n) is 0.581. The van der Waals surface area contributed by atoms with E-state index >= 15 is 0 Å². The Morgan fingerprint density at radius 2 is 2.00 bits per heavy atom. The molecule has 4 nitrogen and oxygen atoms in total. The Kier molecular flexibility index (Phi) is 1.48. The highest BCUT2D eigenvalue weighted by atomic mass is 17.0. The summed E-state index contributed by atoms with van der Waals surface area (Å²) in [4.78, 5) is 13.8. The lowest BCUT2D eigenvalue weighted by molar-refractivity contribution is -0.762. The zero-order valence-corrected chi connectivity index (χ0v) is 4.56. The van der Waals surface area contributed by atoms with Gasteiger partial charge >= 0.3 is 0 Å². The topological polar surface area (TPSA) is 52.4 Å². The van der Waals surface area contributed by atoms with Crippen molar-refractivity contribution in [3.05, 3.63) is 34.4 Å². The van der Waals surface area contributed by atoms with Crippen LogP contribution in [0, 0.1) is 10.1 Å². The van der Waals surface area contributed by atoms with Crippen molar-refractivity contribution in [3.8, 4) is 0 Å². The molecule has 0 saturated carbocycles. The van der Waals surface area contributed by atoms with E-state index in [1.807, 2.05) is 0 Å². The van der Waals surface area contributed by atoms with Gasteiger partial charge in [0, 0.05) is 0 Å². The lowest BCUT2D eigenvalue weighted by atomic mass is 10.4. The van der Waals surface area contributed by atoms with Crippen LogP contribution >= 0.6 is 0 Å². The van der Waals surface area contributed by atoms with Gasteiger partial charge in [-0.2, -0.15) is 0 Å². The van der Waals surface area contributed by atoms with Gasteiger partial charge in [0.1, 0.15) is 6.10 Å². The molecule has 0 unspecified atom stereocenters. The number of nitrogens with zero attached hydrogens (tertiary/aromatic N) is 1. The molecule has 0 radical (unpaired) electrons. The third kappa shape index (κ3) is 1.56. The molecule has 0 bridgehead atoms. The molecule has 0 aromatic heterocycles. The minimum Gasteiger partial charge on any atom is -0.302 e. The molecule has 1 rings (SSSR count). The molecule has 0 N–H and O–H groups in total. The number of hydrogen-bond acceptors (Lipinski definition) is 3. The summed E-state index contributed by atoms with van der Waals surface area (Å²) in [7, 11) is 0. The monoisotopic (exact) mass is 127 g/mol. The number of rotatable bonds is 2. The van der Waals surface area contributed by atoms with Gasteiger partial charge in [-0.05, 0) is 0 Å². The zero-order valence-electron chi connectivity index (χ0n) is 4.56. The first-order chi connectivity index (χ1) is 4.29. The quantitative estimate of drug-likeness (QED) is 0.405. The maximum atomic E-state index is 9.67. The van der Waals surface area contributed by atoms with E-state index in [9.17, 15) is 10.1 Å². The van der Waals surface area contributed by atoms with Gasteiger partial charge in [-0.15, -0.1) is 10.1 Å². The Balaban J connectivity index is 2.37. The highest BCUT2D eigenvalue weighted by Crippen LogP contribution is 2.03. The van der Waals surface area contributed by atoms with Gasteiger partial charge in [-0.3, -0.25) is 0 Å². The van der Waals surface area contributed by atoms with Crippen molar-refractivity contribution in [2.24, 2.45) is 0 Å². The Labute approximate surface area is 51.5 Å². The van der Waals surface area contributed by atoms with E-state index < -0.39 is 11.2 Å². The first kappa shape index (κ1) is 5.81. The van der Waals surface area contributed by atoms with Gasteiger partial charge in [-0.25, -0.2) is 0 Å². The summed E-state index contributed by atoms with van der Waals surface area (Å²) in [5, 5.41) is 8.87. The van der Waals surface area contributed by atoms with Crippen LogP contribution in [0.15, 0.2) is 24.3 Å². The van der Waals surface area contributed by atoms with Crippen LogP contribution < -0.4 is 0 Å². The summed E-state index contributed by atoms with van der Waals surface area (Å²) in [6.45, 7) is 0. The molecule has 9 heavy (non-hydrogen) atoms. The number of hydrogen-bond donors (Lipinski definition) is 0. The molecule has 48 valence electrons. The molecular formula is C5H5NO3. The normalized spacial score (nSPS) is 16.4. The van der Waals surface area contributed by atoms with Gasteiger partial charge < -0.3 is 4.84 Å². The van der Waals surface area contributed by atoms with Crippen LogP contribution in [0.3, 0.4) is 0 Å². The van der Waals surface area contributed by atoms with Crippen LogP contribution in [0.5, 0.6) is 0 Å². The summed E-state index contributed by atoms with van der Waals surface area (Å²) < 4.78 is 0. The maximum Gasteiger partial charge on any atom is 0.295 e. The Morgan fingerprint density at radius 1 is 1.44 bits per heavy atom. The summed E-state index contributed by atoms with van der Waals surface area (Å²) >= 11 is 0. The third-order valence-electron chi connectivity index (χ3n) is 0.920. The molecule has 0 heterocycles. The molecular weight excluding hydrogens is 122 g/mol. The second-order valence-electron chi connectivity index (χ2n) is 1.56. The first-order valence-corrected chi connectivity index (χ1v) is 2.45. The molecule has 1 aliphatic rings. The molecule has 0 atom stereocenters. The molecule has 0 aromatic rings. The van der Waals surface area contributed by atoms with Gasteiger partial charge in [0.05, 0.1) is 0 Å². The van der Waals surface area contributed by atoms with Crippen LogP contribution in [0.4, 0.5) is 0 Å². The molecule has 1 aliphatic carbocycles. The smallest absolute Gasteiger partial charge is 0.295 e. The molecule has 0 fully saturated rings. The maximum absolute atomic E-state index is 9.67. The third-order valence-corrected chi connectivity index (χ3v) is 0.920. The van der Waals surface area contributed by atoms with Crippen LogP contribution in [-0.2, 0) is 4.84 Å². The van der Waals surface area contributed by atoms with E-state index in [2.05, 4.69) is 4.84 Å². The summed E-state index contributed by atoms with van der Waals surface area (Å²) in [5.74, 6) is 0. The van der Waals surface area contributed by atoms with E-state index in [1.54, 1.807) is 24.3 Å². The minimum absolute atomic E-state index is 0.472. The lowest BCUT2D eigenvalue weighted by Crippen LogP contribution is -2.09. The highest BCUT2D eigenvalue weighted by molar-refractivity contribution is 5.18. The second-order valence-corrected chi connectivity index (χ2v) is 1.56. The van der Waals surface area contributed by atoms with Crippen molar-refractivity contribution in [3.63, 3.8) is 0 Å². The van der Waals surface area contributed by atoms with Crippen molar-refractivity contribution in [2.75, 3.05) is 0 Å². The van der Waals surface area contributed by atoms with Crippen molar-refractivity contribution < 1.29 is 9.92 Å². The van der Waals surface area contributed by atoms with Crippen molar-refractivity contribution in [2.45, 2.75) is 6.10 Å². The average molecular weight is 127 g/mol. The van der Waals surface area contributed by atoms with Crippen molar-refractivity contribution in [1.29, 1.82) is 0 Å². The molecule has 0 aliphatic heterocycles. The Bertz CT molecular complexity index is 161. The molecule has 0 spiro atoms. The fourth-order valence-corrected chi connectivity index (χ4v) is 0.581. The first-order valence-electron chi connectivity index (χ1n) is 2.45. The molecule has 4 heteroatoms. The summed E-state index contributed by atoms with van der Waals surface area (Å²) in [5.41, 5.74) is 0. The van der Waals surface area contributed by atoms with E-state index in [-0.39, 0.29) is 0 Å². The lowest BCUT2D eigenvalue weighted by Gasteiger charge is -1.98. The van der Waals surface area contributed by atoms with E-state index in [4.69, 9.17) is 0 Å². The predicted octanol–water partition coefficient (Wildman–Crippen LogP) is 0.689. The van der Waals surface area contributed by atoms with Crippen molar-refractivity contribution in [1.82, 2.24) is 0 Å². The Hall–Kier alpha value is -1.32. The second kappa shape index (κ2) is 2.30. The highest BCUT2D eigenvalue weighted by Gasteiger charge is 2.06. The Morgan fingerprint density at radius 3 is 2.44 bits per heavy atom. The van der Waals surface area contributed by atoms with E-state index in [0.717, 1.165) is 0 Å². The van der Waals surface area contributed by atoms with Crippen LogP contribution in [0.2, 0.25) is 0 Å². The van der Waals surface area contributed by atoms with E-state index in [0.29, 0.717) is 0 Å². The number of allylic oxidation sites excluding steroid dienone is 2. The fraction of sp³-hybridized carbons (Fsp3) is 0.200. The average Bonchev–Trinajstić information content (AvgIpc) is 2.15. The summed E-state index contributed by atoms with van der Waals surface area (Å²) in [6.07, 6.45) is 6.13. The van der Waals surface area contributed by atoms with Gasteiger partial charge in [-0.1, -0.05) is 24.3 Å².